The molecule has 0 aliphatic carbocycles. The molecule has 2 aromatic heterocycles. The summed E-state index contributed by atoms with van der Waals surface area (Å²) in [6.45, 7) is 0. The molecule has 3 aromatic carbocycles. The van der Waals surface area contributed by atoms with Crippen molar-refractivity contribution < 1.29 is 21.6 Å². The molecule has 0 aliphatic rings. The molecule has 5 rings (SSSR count). The normalized spacial score (nSPS) is 11.2. The number of halogens is 3. The van der Waals surface area contributed by atoms with E-state index in [0.717, 1.165) is 47.0 Å². The number of anilines is 1. The summed E-state index contributed by atoms with van der Waals surface area (Å²) in [5, 5.41) is 0.762. The van der Waals surface area contributed by atoms with Gasteiger partial charge in [0.05, 0.1) is 16.1 Å². The van der Waals surface area contributed by atoms with Crippen LogP contribution in [0.2, 0.25) is 0 Å². The average Bonchev–Trinajstić information content (AvgIpc) is 3.30. The van der Waals surface area contributed by atoms with Gasteiger partial charge < -0.3 is 4.98 Å². The predicted octanol–water partition coefficient (Wildman–Crippen LogP) is 5.85. The number of benzene rings is 3. The minimum Gasteiger partial charge on any atom is -0.339 e. The molecule has 0 amide bonds. The van der Waals surface area contributed by atoms with Gasteiger partial charge in [0.2, 0.25) is 0 Å². The van der Waals surface area contributed by atoms with Crippen molar-refractivity contribution in [3.05, 3.63) is 114 Å². The van der Waals surface area contributed by atoms with Gasteiger partial charge in [0.25, 0.3) is 10.0 Å². The number of rotatable bonds is 4. The zero-order valence-corrected chi connectivity index (χ0v) is 19.2. The third-order valence-corrected chi connectivity index (χ3v) is 6.69. The Morgan fingerprint density at radius 1 is 0.861 bits per heavy atom. The van der Waals surface area contributed by atoms with E-state index in [0.29, 0.717) is 11.2 Å². The number of fused-ring (bicyclic) bond motifs is 1. The molecular weight excluding hydrogens is 487 g/mol. The molecule has 5 nitrogen and oxygen atoms in total. The molecule has 0 radical (unpaired) electrons. The molecule has 0 saturated carbocycles. The first-order valence-corrected chi connectivity index (χ1v) is 12.1. The Balaban J connectivity index is 1.46. The molecule has 178 valence electrons. The molecule has 0 spiro atoms. The number of H-pyrrole nitrogens is 1. The second-order valence-electron chi connectivity index (χ2n) is 7.81. The molecule has 0 bridgehead atoms. The van der Waals surface area contributed by atoms with Gasteiger partial charge in [-0.25, -0.2) is 26.6 Å². The fraction of sp³-hybridized carbons (Fsp3) is 0. The van der Waals surface area contributed by atoms with E-state index in [-0.39, 0.29) is 0 Å². The molecule has 0 saturated heterocycles. The van der Waals surface area contributed by atoms with E-state index in [4.69, 9.17) is 0 Å². The summed E-state index contributed by atoms with van der Waals surface area (Å²) in [7, 11) is -4.31. The fourth-order valence-corrected chi connectivity index (χ4v) is 4.67. The molecule has 0 aliphatic heterocycles. The molecule has 0 atom stereocenters. The summed E-state index contributed by atoms with van der Waals surface area (Å²) in [5.74, 6) is 2.19. The van der Waals surface area contributed by atoms with Crippen LogP contribution in [-0.4, -0.2) is 18.4 Å². The Morgan fingerprint density at radius 3 is 2.44 bits per heavy atom. The molecule has 5 aromatic rings. The molecule has 0 unspecified atom stereocenters. The number of hydrogen-bond acceptors (Lipinski definition) is 3. The number of hydrogen-bond donors (Lipinski definition) is 2. The quantitative estimate of drug-likeness (QED) is 0.302. The molecule has 2 heterocycles. The monoisotopic (exact) mass is 503 g/mol. The van der Waals surface area contributed by atoms with E-state index in [1.165, 1.54) is 12.3 Å². The summed E-state index contributed by atoms with van der Waals surface area (Å²) >= 11 is 0. The largest absolute Gasteiger partial charge is 0.339 e. The van der Waals surface area contributed by atoms with Crippen LogP contribution in [0, 0.1) is 29.3 Å². The van der Waals surface area contributed by atoms with Crippen molar-refractivity contribution in [1.29, 1.82) is 0 Å². The van der Waals surface area contributed by atoms with E-state index < -0.39 is 43.6 Å². The SMILES string of the molecule is O=S(=O)(Nc1ccc(F)c(C#Cc2cnc3[nH]c(-c4ccccc4)cc3c2)c1F)c1cccc(F)c1. The number of aromatic nitrogens is 2. The Bertz CT molecular complexity index is 1770. The van der Waals surface area contributed by atoms with Crippen LogP contribution in [0.25, 0.3) is 22.3 Å². The van der Waals surface area contributed by atoms with Gasteiger partial charge in [-0.05, 0) is 48.0 Å². The standard InChI is InChI=1S/C27H16F3N3O2S/c28-20-7-4-8-21(15-20)36(34,35)33-24-12-11-23(29)22(26(24)30)10-9-17-13-19-14-25(32-27(19)31-16-17)18-5-2-1-3-6-18/h1-8,11-16,33H,(H,31,32). The number of nitrogens with zero attached hydrogens (tertiary/aromatic N) is 1. The van der Waals surface area contributed by atoms with Gasteiger partial charge in [0.15, 0.2) is 5.82 Å². The minimum atomic E-state index is -4.31. The summed E-state index contributed by atoms with van der Waals surface area (Å²) in [4.78, 5) is 7.13. The molecular formula is C27H16F3N3O2S. The maximum absolute atomic E-state index is 15.0. The van der Waals surface area contributed by atoms with Crippen molar-refractivity contribution in [3.63, 3.8) is 0 Å². The summed E-state index contributed by atoms with van der Waals surface area (Å²) < 4.78 is 69.9. The van der Waals surface area contributed by atoms with E-state index in [1.807, 2.05) is 41.1 Å². The van der Waals surface area contributed by atoms with E-state index in [9.17, 15) is 17.2 Å². The first-order chi connectivity index (χ1) is 17.3. The van der Waals surface area contributed by atoms with Crippen molar-refractivity contribution in [2.45, 2.75) is 4.90 Å². The van der Waals surface area contributed by atoms with Crippen molar-refractivity contribution in [3.8, 4) is 23.1 Å². The van der Waals surface area contributed by atoms with Crippen LogP contribution in [0.5, 0.6) is 0 Å². The van der Waals surface area contributed by atoms with Gasteiger partial charge in [-0.15, -0.1) is 0 Å². The minimum absolute atomic E-state index is 0.403. The van der Waals surface area contributed by atoms with Crippen LogP contribution in [0.3, 0.4) is 0 Å². The van der Waals surface area contributed by atoms with E-state index in [1.54, 1.807) is 6.07 Å². The van der Waals surface area contributed by atoms with Gasteiger partial charge in [-0.2, -0.15) is 0 Å². The highest BCUT2D eigenvalue weighted by atomic mass is 32.2. The molecule has 0 fully saturated rings. The van der Waals surface area contributed by atoms with Gasteiger partial charge in [0.1, 0.15) is 17.3 Å². The van der Waals surface area contributed by atoms with E-state index >= 15 is 4.39 Å². The maximum Gasteiger partial charge on any atom is 0.262 e. The van der Waals surface area contributed by atoms with Crippen LogP contribution in [0.1, 0.15) is 11.1 Å². The van der Waals surface area contributed by atoms with Gasteiger partial charge in [-0.3, -0.25) is 4.72 Å². The highest BCUT2D eigenvalue weighted by Gasteiger charge is 2.20. The zero-order valence-electron chi connectivity index (χ0n) is 18.4. The first kappa shape index (κ1) is 23.2. The summed E-state index contributed by atoms with van der Waals surface area (Å²) in [6.07, 6.45) is 1.47. The maximum atomic E-state index is 15.0. The van der Waals surface area contributed by atoms with Crippen LogP contribution in [0.15, 0.2) is 90.0 Å². The number of pyridine rings is 1. The highest BCUT2D eigenvalue weighted by Crippen LogP contribution is 2.25. The lowest BCUT2D eigenvalue weighted by Gasteiger charge is -2.10. The topological polar surface area (TPSA) is 74.8 Å². The first-order valence-electron chi connectivity index (χ1n) is 10.6. The molecule has 9 heteroatoms. The van der Waals surface area contributed by atoms with Gasteiger partial charge in [-0.1, -0.05) is 48.2 Å². The number of nitrogens with one attached hydrogen (secondary N) is 2. The van der Waals surface area contributed by atoms with E-state index in [2.05, 4.69) is 21.8 Å². The lowest BCUT2D eigenvalue weighted by molar-refractivity contribution is 0.577. The summed E-state index contributed by atoms with van der Waals surface area (Å²) in [5.41, 5.74) is 1.74. The molecule has 2 N–H and O–H groups in total. The number of aromatic amines is 1. The second-order valence-corrected chi connectivity index (χ2v) is 9.49. The fourth-order valence-electron chi connectivity index (χ4n) is 3.58. The van der Waals surface area contributed by atoms with Crippen molar-refractivity contribution in [1.82, 2.24) is 9.97 Å². The third kappa shape index (κ3) is 4.67. The summed E-state index contributed by atoms with van der Waals surface area (Å²) in [6, 6.07) is 19.3. The third-order valence-electron chi connectivity index (χ3n) is 5.33. The Kier molecular flexibility index (Phi) is 5.96. The zero-order chi connectivity index (χ0) is 25.3. The second kappa shape index (κ2) is 9.24. The van der Waals surface area contributed by atoms with Crippen LogP contribution >= 0.6 is 0 Å². The average molecular weight is 504 g/mol. The van der Waals surface area contributed by atoms with Crippen molar-refractivity contribution in [2.75, 3.05) is 4.72 Å². The predicted molar refractivity (Wildman–Crippen MR) is 131 cm³/mol. The van der Waals surface area contributed by atoms with Crippen molar-refractivity contribution >= 4 is 26.7 Å². The smallest absolute Gasteiger partial charge is 0.262 e. The number of sulfonamides is 1. The van der Waals surface area contributed by atoms with Crippen LogP contribution in [0.4, 0.5) is 18.9 Å². The lowest BCUT2D eigenvalue weighted by Crippen LogP contribution is -2.15. The van der Waals surface area contributed by atoms with Crippen molar-refractivity contribution in [2.24, 2.45) is 0 Å². The molecule has 36 heavy (non-hydrogen) atoms. The van der Waals surface area contributed by atoms with Gasteiger partial charge >= 0.3 is 0 Å². The Hall–Kier alpha value is -4.55. The van der Waals surface area contributed by atoms with Gasteiger partial charge in [0, 0.05) is 22.8 Å². The Morgan fingerprint density at radius 2 is 1.67 bits per heavy atom. The Labute approximate surface area is 204 Å². The lowest BCUT2D eigenvalue weighted by atomic mass is 10.1. The highest BCUT2D eigenvalue weighted by molar-refractivity contribution is 7.92. The van der Waals surface area contributed by atoms with Crippen LogP contribution < -0.4 is 4.72 Å². The van der Waals surface area contributed by atoms with Crippen LogP contribution in [-0.2, 0) is 10.0 Å².